The first kappa shape index (κ1) is 20.1. The summed E-state index contributed by atoms with van der Waals surface area (Å²) in [6, 6.07) is 10.2. The first-order chi connectivity index (χ1) is 14.4. The van der Waals surface area contributed by atoms with Crippen molar-refractivity contribution in [3.8, 4) is 0 Å². The minimum absolute atomic E-state index is 0.0738. The van der Waals surface area contributed by atoms with Gasteiger partial charge >= 0.3 is 0 Å². The zero-order valence-corrected chi connectivity index (χ0v) is 16.7. The molecule has 4 rings (SSSR count). The number of hydrogen-bond donors (Lipinski definition) is 2. The number of benzene rings is 2. The molecule has 5 nitrogen and oxygen atoms in total. The number of likely N-dealkylation sites (tertiary alicyclic amines) is 1. The zero-order valence-electron chi connectivity index (χ0n) is 16.7. The van der Waals surface area contributed by atoms with Crippen LogP contribution in [0.15, 0.2) is 42.5 Å². The van der Waals surface area contributed by atoms with E-state index in [-0.39, 0.29) is 30.6 Å². The maximum Gasteiger partial charge on any atom is 0.242 e. The van der Waals surface area contributed by atoms with Crippen molar-refractivity contribution < 1.29 is 18.4 Å². The van der Waals surface area contributed by atoms with E-state index >= 15 is 0 Å². The summed E-state index contributed by atoms with van der Waals surface area (Å²) in [4.78, 5) is 29.7. The molecule has 2 amide bonds. The molecule has 3 aromatic rings. The van der Waals surface area contributed by atoms with E-state index in [4.69, 9.17) is 0 Å². The van der Waals surface area contributed by atoms with Gasteiger partial charge in [-0.1, -0.05) is 18.2 Å². The van der Waals surface area contributed by atoms with Gasteiger partial charge in [-0.2, -0.15) is 0 Å². The third-order valence-corrected chi connectivity index (χ3v) is 5.69. The average molecular weight is 411 g/mol. The highest BCUT2D eigenvalue weighted by molar-refractivity contribution is 5.91. The first-order valence-electron chi connectivity index (χ1n) is 10.0. The second-order valence-electron chi connectivity index (χ2n) is 7.63. The molecular formula is C23H23F2N3O2. The summed E-state index contributed by atoms with van der Waals surface area (Å²) in [5, 5.41) is 3.69. The van der Waals surface area contributed by atoms with E-state index in [1.807, 2.05) is 6.92 Å². The van der Waals surface area contributed by atoms with Crippen molar-refractivity contribution in [3.63, 3.8) is 0 Å². The Morgan fingerprint density at radius 3 is 2.83 bits per heavy atom. The average Bonchev–Trinajstić information content (AvgIpc) is 3.23. The Morgan fingerprint density at radius 1 is 1.23 bits per heavy atom. The number of fused-ring (bicyclic) bond motifs is 1. The van der Waals surface area contributed by atoms with E-state index in [0.29, 0.717) is 24.9 Å². The van der Waals surface area contributed by atoms with Crippen molar-refractivity contribution in [2.24, 2.45) is 0 Å². The van der Waals surface area contributed by atoms with Gasteiger partial charge in [-0.15, -0.1) is 0 Å². The molecular weight excluding hydrogens is 388 g/mol. The third-order valence-electron chi connectivity index (χ3n) is 5.69. The van der Waals surface area contributed by atoms with Crippen LogP contribution in [0.2, 0.25) is 0 Å². The predicted molar refractivity (Wildman–Crippen MR) is 110 cm³/mol. The number of H-pyrrole nitrogens is 1. The number of amides is 2. The zero-order chi connectivity index (χ0) is 21.3. The fraction of sp³-hybridized carbons (Fsp3) is 0.304. The van der Waals surface area contributed by atoms with Crippen molar-refractivity contribution >= 4 is 22.7 Å². The van der Waals surface area contributed by atoms with E-state index in [1.165, 1.54) is 23.1 Å². The van der Waals surface area contributed by atoms with E-state index in [2.05, 4.69) is 10.3 Å². The molecule has 30 heavy (non-hydrogen) atoms. The van der Waals surface area contributed by atoms with Gasteiger partial charge in [0.1, 0.15) is 17.7 Å². The van der Waals surface area contributed by atoms with Crippen LogP contribution in [0.4, 0.5) is 8.78 Å². The summed E-state index contributed by atoms with van der Waals surface area (Å²) >= 11 is 0. The molecule has 1 saturated heterocycles. The van der Waals surface area contributed by atoms with Crippen LogP contribution in [0.5, 0.6) is 0 Å². The number of nitrogens with one attached hydrogen (secondary N) is 2. The molecule has 0 bridgehead atoms. The van der Waals surface area contributed by atoms with Gasteiger partial charge in [-0.05, 0) is 49.6 Å². The highest BCUT2D eigenvalue weighted by Gasteiger charge is 2.36. The summed E-state index contributed by atoms with van der Waals surface area (Å²) in [6.45, 7) is 2.35. The Morgan fingerprint density at radius 2 is 2.03 bits per heavy atom. The monoisotopic (exact) mass is 411 g/mol. The number of nitrogens with zero attached hydrogens (tertiary/aromatic N) is 1. The molecule has 1 unspecified atom stereocenters. The first-order valence-corrected chi connectivity index (χ1v) is 10.0. The van der Waals surface area contributed by atoms with Gasteiger partial charge in [0.2, 0.25) is 11.8 Å². The largest absolute Gasteiger partial charge is 0.358 e. The number of aromatic amines is 1. The van der Waals surface area contributed by atoms with E-state index in [9.17, 15) is 18.4 Å². The molecule has 7 heteroatoms. The molecule has 1 aliphatic heterocycles. The molecule has 0 aliphatic carbocycles. The Balaban J connectivity index is 1.41. The molecule has 2 aromatic carbocycles. The highest BCUT2D eigenvalue weighted by atomic mass is 19.1. The Bertz CT molecular complexity index is 1110. The van der Waals surface area contributed by atoms with Crippen molar-refractivity contribution in [1.82, 2.24) is 15.2 Å². The fourth-order valence-corrected chi connectivity index (χ4v) is 4.12. The van der Waals surface area contributed by atoms with Gasteiger partial charge in [0.15, 0.2) is 0 Å². The quantitative estimate of drug-likeness (QED) is 0.651. The van der Waals surface area contributed by atoms with Crippen LogP contribution >= 0.6 is 0 Å². The number of carbonyl (C=O) groups is 2. The number of carbonyl (C=O) groups excluding carboxylic acids is 2. The summed E-state index contributed by atoms with van der Waals surface area (Å²) in [7, 11) is 0. The fourth-order valence-electron chi connectivity index (χ4n) is 4.12. The summed E-state index contributed by atoms with van der Waals surface area (Å²) in [5.41, 5.74) is 3.13. The lowest BCUT2D eigenvalue weighted by molar-refractivity contribution is -0.135. The number of aryl methyl sites for hydroxylation is 1. The van der Waals surface area contributed by atoms with Gasteiger partial charge in [0.05, 0.1) is 0 Å². The second-order valence-corrected chi connectivity index (χ2v) is 7.63. The van der Waals surface area contributed by atoms with Crippen molar-refractivity contribution in [2.75, 3.05) is 6.54 Å². The smallest absolute Gasteiger partial charge is 0.242 e. The van der Waals surface area contributed by atoms with Crippen LogP contribution in [0, 0.1) is 18.6 Å². The third kappa shape index (κ3) is 3.92. The van der Waals surface area contributed by atoms with Crippen molar-refractivity contribution in [3.05, 3.63) is 70.9 Å². The summed E-state index contributed by atoms with van der Waals surface area (Å²) in [6.07, 6.45) is 1.22. The van der Waals surface area contributed by atoms with Crippen LogP contribution in [0.3, 0.4) is 0 Å². The number of rotatable bonds is 6. The van der Waals surface area contributed by atoms with Crippen molar-refractivity contribution in [1.29, 1.82) is 0 Å². The second kappa shape index (κ2) is 8.26. The van der Waals surface area contributed by atoms with E-state index in [0.717, 1.165) is 22.2 Å². The molecule has 0 radical (unpaired) electrons. The minimum Gasteiger partial charge on any atom is -0.358 e. The topological polar surface area (TPSA) is 65.2 Å². The van der Waals surface area contributed by atoms with E-state index < -0.39 is 11.9 Å². The normalized spacial score (nSPS) is 16.4. The molecule has 2 heterocycles. The predicted octanol–water partition coefficient (Wildman–Crippen LogP) is 3.60. The molecule has 1 fully saturated rings. The molecule has 2 N–H and O–H groups in total. The molecule has 1 atom stereocenters. The summed E-state index contributed by atoms with van der Waals surface area (Å²) in [5.74, 6) is -1.10. The Labute approximate surface area is 173 Å². The lowest BCUT2D eigenvalue weighted by Gasteiger charge is -2.24. The van der Waals surface area contributed by atoms with Crippen LogP contribution in [-0.4, -0.2) is 34.3 Å². The molecule has 1 aliphatic rings. The number of hydrogen-bond acceptors (Lipinski definition) is 2. The van der Waals surface area contributed by atoms with E-state index in [1.54, 1.807) is 24.3 Å². The SMILES string of the molecule is Cc1[nH]c2ccc(F)cc2c1CCNC(=O)C1CCC(=O)N1Cc1ccccc1F. The lowest BCUT2D eigenvalue weighted by Crippen LogP contribution is -2.44. The number of aromatic nitrogens is 1. The van der Waals surface area contributed by atoms with Crippen LogP contribution < -0.4 is 5.32 Å². The number of halogens is 2. The van der Waals surface area contributed by atoms with Gasteiger partial charge in [0.25, 0.3) is 0 Å². The van der Waals surface area contributed by atoms with Crippen LogP contribution in [0.25, 0.3) is 10.9 Å². The maximum atomic E-state index is 14.0. The van der Waals surface area contributed by atoms with Crippen LogP contribution in [-0.2, 0) is 22.6 Å². The minimum atomic E-state index is -0.612. The maximum absolute atomic E-state index is 14.0. The lowest BCUT2D eigenvalue weighted by atomic mass is 10.1. The van der Waals surface area contributed by atoms with Crippen LogP contribution in [0.1, 0.15) is 29.7 Å². The molecule has 1 aromatic heterocycles. The van der Waals surface area contributed by atoms with Gasteiger partial charge < -0.3 is 15.2 Å². The van der Waals surface area contributed by atoms with Gasteiger partial charge in [-0.25, -0.2) is 8.78 Å². The molecule has 156 valence electrons. The highest BCUT2D eigenvalue weighted by Crippen LogP contribution is 2.24. The van der Waals surface area contributed by atoms with Crippen molar-refractivity contribution in [2.45, 2.75) is 38.8 Å². The Hall–Kier alpha value is -3.22. The van der Waals surface area contributed by atoms with Gasteiger partial charge in [-0.3, -0.25) is 9.59 Å². The van der Waals surface area contributed by atoms with Gasteiger partial charge in [0, 0.05) is 41.7 Å². The molecule has 0 saturated carbocycles. The summed E-state index contributed by atoms with van der Waals surface area (Å²) < 4.78 is 27.6. The standard InChI is InChI=1S/C23H23F2N3O2/c1-14-17(18-12-16(24)6-7-20(18)27-14)10-11-26-23(30)21-8-9-22(29)28(21)13-15-4-2-3-5-19(15)25/h2-7,12,21,27H,8-11,13H2,1H3,(H,26,30). The molecule has 0 spiro atoms. The Kier molecular flexibility index (Phi) is 5.53.